The average molecular weight is 429 g/mol. The topological polar surface area (TPSA) is 130 Å². The van der Waals surface area contributed by atoms with Gasteiger partial charge in [0.25, 0.3) is 20.2 Å². The van der Waals surface area contributed by atoms with E-state index in [-0.39, 0.29) is 25.5 Å². The van der Waals surface area contributed by atoms with Gasteiger partial charge in [0.15, 0.2) is 0 Å². The second-order valence-corrected chi connectivity index (χ2v) is 8.17. The fourth-order valence-corrected chi connectivity index (χ4v) is 2.22. The molecule has 0 aromatic carbocycles. The Morgan fingerprint density at radius 2 is 1.56 bits per heavy atom. The minimum atomic E-state index is -3.79. The monoisotopic (exact) mass is 428 g/mol. The van der Waals surface area contributed by atoms with Crippen LogP contribution >= 0.6 is 0 Å². The molecule has 0 bridgehead atoms. The van der Waals surface area contributed by atoms with Crippen LogP contribution in [-0.2, 0) is 29.2 Å². The van der Waals surface area contributed by atoms with Crippen molar-refractivity contribution in [2.24, 2.45) is 0 Å². The lowest BCUT2D eigenvalue weighted by Crippen LogP contribution is -2.19. The van der Waals surface area contributed by atoms with Gasteiger partial charge in [-0.25, -0.2) is 0 Å². The molecule has 0 aromatic rings. The third-order valence-electron chi connectivity index (χ3n) is 2.36. The molecular formula is C17H32O8S2. The van der Waals surface area contributed by atoms with Gasteiger partial charge in [-0.15, -0.1) is 26.3 Å². The van der Waals surface area contributed by atoms with Crippen LogP contribution in [0.25, 0.3) is 0 Å². The largest absolute Gasteiger partial charge is 0.390 e. The van der Waals surface area contributed by atoms with E-state index in [1.165, 1.54) is 12.2 Å². The molecule has 0 amide bonds. The lowest BCUT2D eigenvalue weighted by molar-refractivity contribution is 0.113. The van der Waals surface area contributed by atoms with Gasteiger partial charge < -0.3 is 9.84 Å². The van der Waals surface area contributed by atoms with E-state index in [0.717, 1.165) is 19.1 Å². The summed E-state index contributed by atoms with van der Waals surface area (Å²) in [4.78, 5) is 0. The molecule has 0 spiro atoms. The Hall–Kier alpha value is -1.30. The van der Waals surface area contributed by atoms with Crippen LogP contribution in [0.2, 0.25) is 0 Å². The van der Waals surface area contributed by atoms with E-state index in [4.69, 9.17) is 14.4 Å². The second kappa shape index (κ2) is 16.8. The third-order valence-corrected chi connectivity index (χ3v) is 4.16. The molecule has 10 heteroatoms. The Bertz CT molecular complexity index is 619. The second-order valence-electron chi connectivity index (χ2n) is 4.99. The van der Waals surface area contributed by atoms with Crippen molar-refractivity contribution in [2.75, 3.05) is 24.7 Å². The average Bonchev–Trinajstić information content (AvgIpc) is 3.30. The zero-order valence-corrected chi connectivity index (χ0v) is 16.3. The zero-order valence-electron chi connectivity index (χ0n) is 14.7. The van der Waals surface area contributed by atoms with Crippen molar-refractivity contribution < 1.29 is 35.4 Å². The first-order valence-electron chi connectivity index (χ1n) is 7.56. The molecule has 2 unspecified atom stereocenters. The number of rotatable bonds is 11. The van der Waals surface area contributed by atoms with Crippen molar-refractivity contribution in [3.63, 3.8) is 0 Å². The molecule has 160 valence electrons. The molecule has 1 rings (SSSR count). The first kappa shape index (κ1) is 30.4. The van der Waals surface area contributed by atoms with Crippen molar-refractivity contribution in [1.82, 2.24) is 0 Å². The standard InChI is InChI=1S/C8H14O4S.C5H8O.C3H6O3S.CH4/c1-3-5-8(9)7-12-13(10,11)6-4-2;1-2-3-5-4-6-5;1-2-3-7(4,5)6;/h3-4,8-9H,1-2,5-7H2;2,5H,1,3-4H2;2H,1,3H2,(H,4,5,6);1H4. The first-order valence-corrected chi connectivity index (χ1v) is 10.8. The smallest absolute Gasteiger partial charge is 0.271 e. The summed E-state index contributed by atoms with van der Waals surface area (Å²) in [5, 5.41) is 9.09. The Balaban J connectivity index is -0.000000346. The number of epoxide rings is 1. The highest BCUT2D eigenvalue weighted by molar-refractivity contribution is 7.86. The van der Waals surface area contributed by atoms with E-state index < -0.39 is 26.3 Å². The molecule has 2 N–H and O–H groups in total. The summed E-state index contributed by atoms with van der Waals surface area (Å²) in [5.74, 6) is -0.610. The van der Waals surface area contributed by atoms with E-state index in [9.17, 15) is 16.8 Å². The lowest BCUT2D eigenvalue weighted by Gasteiger charge is -2.07. The maximum Gasteiger partial charge on any atom is 0.271 e. The predicted octanol–water partition coefficient (Wildman–Crippen LogP) is 2.11. The van der Waals surface area contributed by atoms with Gasteiger partial charge in [-0.2, -0.15) is 16.8 Å². The summed E-state index contributed by atoms with van der Waals surface area (Å²) in [6.07, 6.45) is 6.78. The van der Waals surface area contributed by atoms with Crippen LogP contribution in [-0.4, -0.2) is 63.4 Å². The first-order chi connectivity index (χ1) is 12.0. The van der Waals surface area contributed by atoms with Crippen LogP contribution in [0.5, 0.6) is 0 Å². The lowest BCUT2D eigenvalue weighted by atomic mass is 10.3. The maximum absolute atomic E-state index is 10.9. The molecule has 1 heterocycles. The summed E-state index contributed by atoms with van der Waals surface area (Å²) in [7, 11) is -7.35. The molecule has 1 aliphatic rings. The van der Waals surface area contributed by atoms with Crippen LogP contribution in [0.15, 0.2) is 50.6 Å². The highest BCUT2D eigenvalue weighted by Gasteiger charge is 2.19. The number of aliphatic hydroxyl groups excluding tert-OH is 1. The van der Waals surface area contributed by atoms with Crippen molar-refractivity contribution in [3.05, 3.63) is 50.6 Å². The Kier molecular flexibility index (Phi) is 19.0. The molecule has 1 fully saturated rings. The van der Waals surface area contributed by atoms with Gasteiger partial charge in [-0.05, 0) is 12.8 Å². The van der Waals surface area contributed by atoms with Gasteiger partial charge in [-0.3, -0.25) is 8.74 Å². The summed E-state index contributed by atoms with van der Waals surface area (Å²) < 4.78 is 58.5. The summed E-state index contributed by atoms with van der Waals surface area (Å²) >= 11 is 0. The fraction of sp³-hybridized carbons (Fsp3) is 0.529. The van der Waals surface area contributed by atoms with Gasteiger partial charge in [0, 0.05) is 0 Å². The minimum Gasteiger partial charge on any atom is -0.390 e. The SMILES string of the molecule is C.C=CCC(O)COS(=O)(=O)CC=C.C=CCC1CO1.C=CCS(=O)(=O)O. The van der Waals surface area contributed by atoms with Gasteiger partial charge in [0.2, 0.25) is 0 Å². The third kappa shape index (κ3) is 27.0. The molecular weight excluding hydrogens is 396 g/mol. The van der Waals surface area contributed by atoms with E-state index in [1.807, 2.05) is 6.08 Å². The van der Waals surface area contributed by atoms with Crippen LogP contribution in [0.1, 0.15) is 20.3 Å². The van der Waals surface area contributed by atoms with E-state index in [2.05, 4.69) is 30.5 Å². The van der Waals surface area contributed by atoms with Gasteiger partial charge in [-0.1, -0.05) is 31.7 Å². The summed E-state index contributed by atoms with van der Waals surface area (Å²) in [6.45, 7) is 14.1. The van der Waals surface area contributed by atoms with Crippen molar-refractivity contribution >= 4 is 20.2 Å². The molecule has 0 saturated carbocycles. The molecule has 0 aromatic heterocycles. The zero-order chi connectivity index (χ0) is 20.6. The van der Waals surface area contributed by atoms with E-state index in [1.54, 1.807) is 0 Å². The highest BCUT2D eigenvalue weighted by atomic mass is 32.2. The quantitative estimate of drug-likeness (QED) is 0.221. The van der Waals surface area contributed by atoms with Crippen LogP contribution in [0.4, 0.5) is 0 Å². The normalized spacial score (nSPS) is 16.0. The molecule has 1 saturated heterocycles. The fourth-order valence-electron chi connectivity index (χ4n) is 1.17. The predicted molar refractivity (Wildman–Crippen MR) is 109 cm³/mol. The molecule has 0 radical (unpaired) electrons. The van der Waals surface area contributed by atoms with E-state index in [0.29, 0.717) is 12.5 Å². The van der Waals surface area contributed by atoms with Crippen LogP contribution < -0.4 is 0 Å². The van der Waals surface area contributed by atoms with Gasteiger partial charge in [0.05, 0.1) is 36.9 Å². The summed E-state index contributed by atoms with van der Waals surface area (Å²) in [6, 6.07) is 0. The van der Waals surface area contributed by atoms with Gasteiger partial charge >= 0.3 is 0 Å². The number of hydrogen-bond donors (Lipinski definition) is 2. The number of ether oxygens (including phenoxy) is 1. The Labute approximate surface area is 163 Å². The van der Waals surface area contributed by atoms with Crippen molar-refractivity contribution in [3.8, 4) is 0 Å². The maximum atomic E-state index is 10.9. The van der Waals surface area contributed by atoms with Crippen LogP contribution in [0.3, 0.4) is 0 Å². The molecule has 2 atom stereocenters. The van der Waals surface area contributed by atoms with Crippen molar-refractivity contribution in [1.29, 1.82) is 0 Å². The number of aliphatic hydroxyl groups is 1. The Morgan fingerprint density at radius 3 is 1.81 bits per heavy atom. The van der Waals surface area contributed by atoms with Crippen LogP contribution in [0, 0.1) is 0 Å². The van der Waals surface area contributed by atoms with Crippen molar-refractivity contribution in [2.45, 2.75) is 32.5 Å². The van der Waals surface area contributed by atoms with Gasteiger partial charge in [0.1, 0.15) is 0 Å². The number of hydrogen-bond acceptors (Lipinski definition) is 7. The van der Waals surface area contributed by atoms with E-state index >= 15 is 0 Å². The Morgan fingerprint density at radius 1 is 1.04 bits per heavy atom. The minimum absolute atomic E-state index is 0. The molecule has 0 aliphatic carbocycles. The molecule has 8 nitrogen and oxygen atoms in total. The molecule has 1 aliphatic heterocycles. The summed E-state index contributed by atoms with van der Waals surface area (Å²) in [5.41, 5.74) is 0. The highest BCUT2D eigenvalue weighted by Crippen LogP contribution is 2.12. The molecule has 27 heavy (non-hydrogen) atoms.